The zero-order chi connectivity index (χ0) is 21.5. The van der Waals surface area contributed by atoms with Crippen LogP contribution in [0.5, 0.6) is 5.75 Å². The van der Waals surface area contributed by atoms with Crippen LogP contribution in [0.3, 0.4) is 0 Å². The van der Waals surface area contributed by atoms with E-state index in [-0.39, 0.29) is 12.1 Å². The van der Waals surface area contributed by atoms with Crippen LogP contribution < -0.4 is 15.8 Å². The summed E-state index contributed by atoms with van der Waals surface area (Å²) in [7, 11) is 4.09. The Bertz CT molecular complexity index is 777. The van der Waals surface area contributed by atoms with E-state index in [1.54, 1.807) is 4.90 Å². The maximum absolute atomic E-state index is 12.5. The number of carbonyl (C=O) groups is 1. The van der Waals surface area contributed by atoms with Crippen molar-refractivity contribution < 1.29 is 14.3 Å². The van der Waals surface area contributed by atoms with Gasteiger partial charge in [-0.3, -0.25) is 4.90 Å². The molecule has 1 aromatic carbocycles. The summed E-state index contributed by atoms with van der Waals surface area (Å²) in [6.07, 6.45) is 2.28. The first kappa shape index (κ1) is 22.0. The van der Waals surface area contributed by atoms with E-state index in [9.17, 15) is 4.79 Å². The standard InChI is InChI=1S/C21H32N6O3/c1-4-5-12-30-20-24-18(22)17-19(25-20)27(21(28)23-17)14-15-7-9-16(10-8-15)29-13-6-11-26(2)3/h7-10,17-18H,4-6,11-14,22H2,1-3H3,(H,23,28). The van der Waals surface area contributed by atoms with Crippen LogP contribution in [0.25, 0.3) is 0 Å². The molecule has 1 aromatic rings. The number of aliphatic imine (C=N–C) groups is 2. The van der Waals surface area contributed by atoms with Crippen molar-refractivity contribution in [2.45, 2.75) is 44.9 Å². The minimum absolute atomic E-state index is 0.233. The Morgan fingerprint density at radius 3 is 2.60 bits per heavy atom. The number of rotatable bonds is 10. The number of hydrogen-bond donors (Lipinski definition) is 2. The number of amides is 2. The van der Waals surface area contributed by atoms with Crippen LogP contribution >= 0.6 is 0 Å². The Kier molecular flexibility index (Phi) is 7.64. The Balaban J connectivity index is 1.61. The van der Waals surface area contributed by atoms with Crippen LogP contribution in [-0.2, 0) is 11.3 Å². The van der Waals surface area contributed by atoms with E-state index >= 15 is 0 Å². The Morgan fingerprint density at radius 2 is 1.90 bits per heavy atom. The molecule has 0 aromatic heterocycles. The van der Waals surface area contributed by atoms with Crippen molar-refractivity contribution in [1.82, 2.24) is 15.1 Å². The second kappa shape index (κ2) is 10.4. The van der Waals surface area contributed by atoms with Crippen molar-refractivity contribution >= 4 is 17.9 Å². The molecular formula is C21H32N6O3. The Hall–Kier alpha value is -2.65. The van der Waals surface area contributed by atoms with Gasteiger partial charge in [0.25, 0.3) is 0 Å². The number of urea groups is 1. The maximum Gasteiger partial charge on any atom is 0.323 e. The molecule has 0 spiro atoms. The van der Waals surface area contributed by atoms with Gasteiger partial charge in [0.15, 0.2) is 0 Å². The number of nitrogens with two attached hydrogens (primary N) is 1. The van der Waals surface area contributed by atoms with E-state index in [0.29, 0.717) is 25.6 Å². The average Bonchev–Trinajstić information content (AvgIpc) is 3.03. The summed E-state index contributed by atoms with van der Waals surface area (Å²) < 4.78 is 11.4. The van der Waals surface area contributed by atoms with Crippen molar-refractivity contribution in [3.8, 4) is 5.75 Å². The van der Waals surface area contributed by atoms with Crippen LogP contribution in [0.1, 0.15) is 31.7 Å². The summed E-state index contributed by atoms with van der Waals surface area (Å²) in [6, 6.07) is 7.33. The number of carbonyl (C=O) groups excluding carboxylic acids is 1. The number of nitrogens with one attached hydrogen (secondary N) is 1. The molecule has 1 fully saturated rings. The fourth-order valence-corrected chi connectivity index (χ4v) is 3.22. The highest BCUT2D eigenvalue weighted by molar-refractivity contribution is 6.11. The van der Waals surface area contributed by atoms with E-state index in [1.807, 2.05) is 38.4 Å². The highest BCUT2D eigenvalue weighted by atomic mass is 16.5. The van der Waals surface area contributed by atoms with Gasteiger partial charge in [0.2, 0.25) is 0 Å². The maximum atomic E-state index is 12.5. The first-order valence-electron chi connectivity index (χ1n) is 10.5. The van der Waals surface area contributed by atoms with Gasteiger partial charge in [-0.15, -0.1) is 0 Å². The lowest BCUT2D eigenvalue weighted by molar-refractivity contribution is 0.226. The van der Waals surface area contributed by atoms with Gasteiger partial charge in [0.1, 0.15) is 23.8 Å². The summed E-state index contributed by atoms with van der Waals surface area (Å²) in [5.41, 5.74) is 7.09. The molecule has 9 nitrogen and oxygen atoms in total. The van der Waals surface area contributed by atoms with Crippen molar-refractivity contribution in [2.24, 2.45) is 15.7 Å². The molecule has 9 heteroatoms. The van der Waals surface area contributed by atoms with Crippen molar-refractivity contribution in [3.05, 3.63) is 29.8 Å². The number of benzene rings is 1. The van der Waals surface area contributed by atoms with Crippen LogP contribution in [0.15, 0.2) is 34.3 Å². The predicted molar refractivity (Wildman–Crippen MR) is 117 cm³/mol. The normalized spacial score (nSPS) is 20.6. The first-order valence-corrected chi connectivity index (χ1v) is 10.5. The quantitative estimate of drug-likeness (QED) is 0.566. The molecule has 1 saturated heterocycles. The van der Waals surface area contributed by atoms with Gasteiger partial charge in [-0.1, -0.05) is 25.5 Å². The Labute approximate surface area is 177 Å². The van der Waals surface area contributed by atoms with E-state index in [1.165, 1.54) is 0 Å². The second-order valence-corrected chi connectivity index (χ2v) is 7.74. The van der Waals surface area contributed by atoms with Crippen molar-refractivity contribution in [1.29, 1.82) is 0 Å². The predicted octanol–water partition coefficient (Wildman–Crippen LogP) is 1.78. The van der Waals surface area contributed by atoms with Gasteiger partial charge in [0, 0.05) is 6.54 Å². The van der Waals surface area contributed by atoms with Crippen LogP contribution in [-0.4, -0.2) is 73.7 Å². The van der Waals surface area contributed by atoms with Gasteiger partial charge < -0.3 is 25.4 Å². The molecule has 2 heterocycles. The second-order valence-electron chi connectivity index (χ2n) is 7.74. The monoisotopic (exact) mass is 416 g/mol. The highest BCUT2D eigenvalue weighted by Gasteiger charge is 2.42. The molecular weight excluding hydrogens is 384 g/mol. The zero-order valence-electron chi connectivity index (χ0n) is 18.0. The molecule has 2 unspecified atom stereocenters. The van der Waals surface area contributed by atoms with Crippen molar-refractivity contribution in [3.63, 3.8) is 0 Å². The molecule has 2 aliphatic rings. The number of unbranched alkanes of at least 4 members (excludes halogenated alkanes) is 1. The largest absolute Gasteiger partial charge is 0.494 e. The third-order valence-corrected chi connectivity index (χ3v) is 4.90. The number of fused-ring (bicyclic) bond motifs is 1. The molecule has 3 N–H and O–H groups in total. The molecule has 30 heavy (non-hydrogen) atoms. The van der Waals surface area contributed by atoms with E-state index in [4.69, 9.17) is 15.2 Å². The third kappa shape index (κ3) is 5.70. The van der Waals surface area contributed by atoms with E-state index in [2.05, 4.69) is 27.1 Å². The average molecular weight is 417 g/mol. The van der Waals surface area contributed by atoms with Gasteiger partial charge in [-0.25, -0.2) is 9.79 Å². The fraction of sp³-hybridized carbons (Fsp3) is 0.571. The topological polar surface area (TPSA) is 105 Å². The summed E-state index contributed by atoms with van der Waals surface area (Å²) in [5.74, 6) is 1.37. The van der Waals surface area contributed by atoms with Crippen LogP contribution in [0.2, 0.25) is 0 Å². The van der Waals surface area contributed by atoms with Crippen LogP contribution in [0, 0.1) is 0 Å². The summed E-state index contributed by atoms with van der Waals surface area (Å²) in [4.78, 5) is 24.9. The smallest absolute Gasteiger partial charge is 0.323 e. The van der Waals surface area contributed by atoms with Gasteiger partial charge in [-0.2, -0.15) is 4.99 Å². The molecule has 0 aliphatic carbocycles. The molecule has 164 valence electrons. The number of nitrogens with zero attached hydrogens (tertiary/aromatic N) is 4. The highest BCUT2D eigenvalue weighted by Crippen LogP contribution is 2.20. The van der Waals surface area contributed by atoms with Gasteiger partial charge in [0.05, 0.1) is 19.8 Å². The van der Waals surface area contributed by atoms with Gasteiger partial charge in [-0.05, 0) is 44.6 Å². The van der Waals surface area contributed by atoms with E-state index in [0.717, 1.165) is 37.1 Å². The van der Waals surface area contributed by atoms with Crippen molar-refractivity contribution in [2.75, 3.05) is 33.9 Å². The summed E-state index contributed by atoms with van der Waals surface area (Å²) in [6.45, 7) is 4.66. The third-order valence-electron chi connectivity index (χ3n) is 4.90. The number of hydrogen-bond acceptors (Lipinski definition) is 7. The number of amidine groups is 2. The Morgan fingerprint density at radius 1 is 1.17 bits per heavy atom. The zero-order valence-corrected chi connectivity index (χ0v) is 18.0. The minimum atomic E-state index is -0.610. The summed E-state index contributed by atoms with van der Waals surface area (Å²) >= 11 is 0. The lowest BCUT2D eigenvalue weighted by Gasteiger charge is -2.23. The fourth-order valence-electron chi connectivity index (χ4n) is 3.22. The summed E-state index contributed by atoms with van der Waals surface area (Å²) in [5, 5.41) is 2.86. The molecule has 0 radical (unpaired) electrons. The molecule has 2 amide bonds. The SMILES string of the molecule is CCCCOC1=NC(N)C2NC(=O)N(Cc3ccc(OCCCN(C)C)cc3)C2=N1. The molecule has 2 atom stereocenters. The van der Waals surface area contributed by atoms with Crippen LogP contribution in [0.4, 0.5) is 4.79 Å². The van der Waals surface area contributed by atoms with Gasteiger partial charge >= 0.3 is 12.1 Å². The molecule has 0 saturated carbocycles. The molecule has 3 rings (SSSR count). The molecule has 2 aliphatic heterocycles. The molecule has 0 bridgehead atoms. The minimum Gasteiger partial charge on any atom is -0.494 e. The first-order chi connectivity index (χ1) is 14.5. The lowest BCUT2D eigenvalue weighted by atomic mass is 10.1. The van der Waals surface area contributed by atoms with E-state index < -0.39 is 12.2 Å². The number of ether oxygens (including phenoxy) is 2. The lowest BCUT2D eigenvalue weighted by Crippen LogP contribution is -2.48.